The molecule has 0 bridgehead atoms. The molecule has 0 fully saturated rings. The van der Waals surface area contributed by atoms with Gasteiger partial charge in [-0.05, 0) is 46.5 Å². The second-order valence-electron chi connectivity index (χ2n) is 14.0. The van der Waals surface area contributed by atoms with E-state index in [9.17, 15) is 0 Å². The number of hydrogen-bond acceptors (Lipinski definition) is 4. The Bertz CT molecular complexity index is 3170. The number of fused-ring (bicyclic) bond motifs is 6. The summed E-state index contributed by atoms with van der Waals surface area (Å²) in [6.07, 6.45) is 0. The summed E-state index contributed by atoms with van der Waals surface area (Å²) in [4.78, 5) is 15.4. The van der Waals surface area contributed by atoms with Gasteiger partial charge in [0, 0.05) is 44.3 Å². The highest BCUT2D eigenvalue weighted by Gasteiger charge is 2.22. The van der Waals surface area contributed by atoms with E-state index in [1.807, 2.05) is 48.5 Å². The average molecular weight is 717 g/mol. The fourth-order valence-corrected chi connectivity index (χ4v) is 8.08. The van der Waals surface area contributed by atoms with Crippen LogP contribution < -0.4 is 0 Å². The van der Waals surface area contributed by atoms with Gasteiger partial charge in [0.1, 0.15) is 11.2 Å². The molecule has 0 unspecified atom stereocenters. The fraction of sp³-hybridized carbons (Fsp3) is 0. The highest BCUT2D eigenvalue weighted by atomic mass is 16.3. The van der Waals surface area contributed by atoms with Crippen LogP contribution in [0.25, 0.3) is 106 Å². The van der Waals surface area contributed by atoms with Crippen LogP contribution in [0, 0.1) is 0 Å². The van der Waals surface area contributed by atoms with Crippen LogP contribution in [-0.4, -0.2) is 19.5 Å². The van der Waals surface area contributed by atoms with Crippen molar-refractivity contribution in [3.63, 3.8) is 0 Å². The summed E-state index contributed by atoms with van der Waals surface area (Å²) in [6, 6.07) is 67.3. The SMILES string of the molecule is c1ccc(-c2ccc(-c3nc(-c4ccccc4)nc(-c4cccc5oc6cc(-n7c8ccccc8c8ccccc87)cc(-c7ccccc7)c6c45)n3)cc2)cc1. The molecule has 0 aliphatic heterocycles. The molecule has 0 saturated heterocycles. The molecule has 0 radical (unpaired) electrons. The van der Waals surface area contributed by atoms with Crippen molar-refractivity contribution >= 4 is 43.7 Å². The molecule has 0 aliphatic carbocycles. The predicted octanol–water partition coefficient (Wildman–Crippen LogP) is 13.2. The van der Waals surface area contributed by atoms with Gasteiger partial charge in [0.2, 0.25) is 0 Å². The van der Waals surface area contributed by atoms with Crippen LogP contribution in [0.5, 0.6) is 0 Å². The van der Waals surface area contributed by atoms with Crippen LogP contribution >= 0.6 is 0 Å². The number of para-hydroxylation sites is 2. The van der Waals surface area contributed by atoms with E-state index in [1.54, 1.807) is 0 Å². The van der Waals surface area contributed by atoms with Crippen molar-refractivity contribution in [3.05, 3.63) is 194 Å². The lowest BCUT2D eigenvalue weighted by atomic mass is 9.96. The van der Waals surface area contributed by atoms with E-state index in [2.05, 4.69) is 150 Å². The highest BCUT2D eigenvalue weighted by Crippen LogP contribution is 2.44. The van der Waals surface area contributed by atoms with Gasteiger partial charge in [0.05, 0.1) is 16.7 Å². The average Bonchev–Trinajstić information content (AvgIpc) is 3.83. The van der Waals surface area contributed by atoms with Gasteiger partial charge in [0.25, 0.3) is 0 Å². The van der Waals surface area contributed by atoms with E-state index in [0.717, 1.165) is 77.6 Å². The topological polar surface area (TPSA) is 56.7 Å². The lowest BCUT2D eigenvalue weighted by Gasteiger charge is -2.13. The Morgan fingerprint density at radius 3 is 1.46 bits per heavy atom. The summed E-state index contributed by atoms with van der Waals surface area (Å²) in [7, 11) is 0. The van der Waals surface area contributed by atoms with Gasteiger partial charge in [-0.25, -0.2) is 15.0 Å². The number of hydrogen-bond donors (Lipinski definition) is 0. The molecule has 0 saturated carbocycles. The lowest BCUT2D eigenvalue weighted by Crippen LogP contribution is -2.00. The van der Waals surface area contributed by atoms with Crippen molar-refractivity contribution in [2.75, 3.05) is 0 Å². The first-order valence-electron chi connectivity index (χ1n) is 18.8. The monoisotopic (exact) mass is 716 g/mol. The summed E-state index contributed by atoms with van der Waals surface area (Å²) >= 11 is 0. The Labute approximate surface area is 322 Å². The lowest BCUT2D eigenvalue weighted by molar-refractivity contribution is 0.669. The van der Waals surface area contributed by atoms with Gasteiger partial charge in [-0.1, -0.05) is 164 Å². The summed E-state index contributed by atoms with van der Waals surface area (Å²) in [6.45, 7) is 0. The maximum Gasteiger partial charge on any atom is 0.164 e. The Kier molecular flexibility index (Phi) is 7.42. The molecule has 0 aliphatic rings. The number of nitrogens with zero attached hydrogens (tertiary/aromatic N) is 4. The Balaban J connectivity index is 1.16. The zero-order valence-electron chi connectivity index (χ0n) is 30.2. The largest absolute Gasteiger partial charge is 0.456 e. The van der Waals surface area contributed by atoms with Crippen LogP contribution in [0.4, 0.5) is 0 Å². The summed E-state index contributed by atoms with van der Waals surface area (Å²) in [5.41, 5.74) is 12.1. The molecule has 5 heteroatoms. The van der Waals surface area contributed by atoms with Crippen LogP contribution in [0.3, 0.4) is 0 Å². The Hall–Kier alpha value is -7.63. The van der Waals surface area contributed by atoms with Gasteiger partial charge in [-0.3, -0.25) is 0 Å². The number of rotatable bonds is 6. The van der Waals surface area contributed by atoms with Crippen molar-refractivity contribution in [1.29, 1.82) is 0 Å². The van der Waals surface area contributed by atoms with Crippen molar-refractivity contribution in [2.45, 2.75) is 0 Å². The van der Waals surface area contributed by atoms with Gasteiger partial charge >= 0.3 is 0 Å². The highest BCUT2D eigenvalue weighted by molar-refractivity contribution is 6.18. The van der Waals surface area contributed by atoms with Gasteiger partial charge in [-0.2, -0.15) is 0 Å². The third kappa shape index (κ3) is 5.29. The molecule has 56 heavy (non-hydrogen) atoms. The molecular weight excluding hydrogens is 685 g/mol. The maximum absolute atomic E-state index is 6.84. The minimum atomic E-state index is 0.583. The first-order chi connectivity index (χ1) is 27.8. The molecular formula is C51H32N4O. The van der Waals surface area contributed by atoms with E-state index in [-0.39, 0.29) is 0 Å². The fourth-order valence-electron chi connectivity index (χ4n) is 8.08. The maximum atomic E-state index is 6.84. The molecule has 0 spiro atoms. The zero-order chi connectivity index (χ0) is 37.0. The molecule has 5 nitrogen and oxygen atoms in total. The molecule has 11 aromatic rings. The quantitative estimate of drug-likeness (QED) is 0.172. The first kappa shape index (κ1) is 31.9. The first-order valence-corrected chi connectivity index (χ1v) is 18.8. The Morgan fingerprint density at radius 1 is 0.339 bits per heavy atom. The summed E-state index contributed by atoms with van der Waals surface area (Å²) in [5, 5.41) is 4.41. The second-order valence-corrected chi connectivity index (χ2v) is 14.0. The van der Waals surface area contributed by atoms with Crippen LogP contribution in [0.15, 0.2) is 199 Å². The molecule has 0 atom stereocenters. The van der Waals surface area contributed by atoms with Crippen molar-refractivity contribution < 1.29 is 4.42 Å². The molecule has 0 N–H and O–H groups in total. The van der Waals surface area contributed by atoms with E-state index < -0.39 is 0 Å². The molecule has 0 amide bonds. The predicted molar refractivity (Wildman–Crippen MR) is 229 cm³/mol. The summed E-state index contributed by atoms with van der Waals surface area (Å²) < 4.78 is 9.19. The molecule has 3 aromatic heterocycles. The second kappa shape index (κ2) is 13.0. The van der Waals surface area contributed by atoms with E-state index in [1.165, 1.54) is 10.8 Å². The van der Waals surface area contributed by atoms with Gasteiger partial charge in [0.15, 0.2) is 17.5 Å². The zero-order valence-corrected chi connectivity index (χ0v) is 30.2. The molecule has 262 valence electrons. The normalized spacial score (nSPS) is 11.6. The number of furan rings is 1. The van der Waals surface area contributed by atoms with Crippen LogP contribution in [-0.2, 0) is 0 Å². The smallest absolute Gasteiger partial charge is 0.164 e. The van der Waals surface area contributed by atoms with Crippen LogP contribution in [0.1, 0.15) is 0 Å². The molecule has 3 heterocycles. The van der Waals surface area contributed by atoms with Crippen molar-refractivity contribution in [1.82, 2.24) is 19.5 Å². The van der Waals surface area contributed by atoms with Gasteiger partial charge in [-0.15, -0.1) is 0 Å². The van der Waals surface area contributed by atoms with E-state index in [0.29, 0.717) is 17.5 Å². The van der Waals surface area contributed by atoms with Gasteiger partial charge < -0.3 is 8.98 Å². The number of benzene rings is 8. The standard InChI is InChI=1S/C51H32N4O/c1-4-15-33(16-5-1)34-27-29-37(30-28-34)50-52-49(36-19-8-3-9-20-36)53-51(54-50)41-23-14-26-45-47(41)48-42(35-17-6-2-7-18-35)31-38(32-46(48)56-45)55-43-24-12-10-21-39(43)40-22-11-13-25-44(40)55/h1-32H. The molecule has 11 rings (SSSR count). The third-order valence-electron chi connectivity index (χ3n) is 10.7. The summed E-state index contributed by atoms with van der Waals surface area (Å²) in [5.74, 6) is 1.80. The van der Waals surface area contributed by atoms with Crippen molar-refractivity contribution in [3.8, 4) is 62.1 Å². The van der Waals surface area contributed by atoms with E-state index >= 15 is 0 Å². The van der Waals surface area contributed by atoms with E-state index in [4.69, 9.17) is 19.4 Å². The van der Waals surface area contributed by atoms with Crippen molar-refractivity contribution in [2.24, 2.45) is 0 Å². The third-order valence-corrected chi connectivity index (χ3v) is 10.7. The number of aromatic nitrogens is 4. The minimum absolute atomic E-state index is 0.583. The van der Waals surface area contributed by atoms with Crippen LogP contribution in [0.2, 0.25) is 0 Å². The minimum Gasteiger partial charge on any atom is -0.456 e. The Morgan fingerprint density at radius 2 is 0.821 bits per heavy atom. The molecule has 8 aromatic carbocycles.